The second-order valence-corrected chi connectivity index (χ2v) is 14.6. The van der Waals surface area contributed by atoms with Gasteiger partial charge in [-0.25, -0.2) is 0 Å². The summed E-state index contributed by atoms with van der Waals surface area (Å²) in [5, 5.41) is 0.893. The molecule has 303 valence electrons. The monoisotopic (exact) mass is 981 g/mol. The number of halogens is 3. The number of benzene rings is 5. The summed E-state index contributed by atoms with van der Waals surface area (Å²) in [4.78, 5) is 8.49. The third kappa shape index (κ3) is 9.59. The second-order valence-electron chi connectivity index (χ2n) is 14.6. The van der Waals surface area contributed by atoms with Gasteiger partial charge in [0.1, 0.15) is 5.58 Å². The Morgan fingerprint density at radius 1 is 0.780 bits per heavy atom. The van der Waals surface area contributed by atoms with Crippen molar-refractivity contribution in [3.8, 4) is 44.8 Å². The second kappa shape index (κ2) is 17.5. The van der Waals surface area contributed by atoms with E-state index in [9.17, 15) is 13.2 Å². The number of aryl methyl sites for hydroxylation is 4. The number of hydrogen-bond acceptors (Lipinski definition) is 3. The molecule has 3 heterocycles. The predicted octanol–water partition coefficient (Wildman–Crippen LogP) is 14.8. The number of rotatable bonds is 6. The summed E-state index contributed by atoms with van der Waals surface area (Å²) in [6.45, 7) is -4.36. The molecule has 0 N–H and O–H groups in total. The Labute approximate surface area is 381 Å². The fraction of sp³-hybridized carbons (Fsp3) is 0.231. The Morgan fingerprint density at radius 2 is 1.53 bits per heavy atom. The van der Waals surface area contributed by atoms with Crippen LogP contribution in [0.1, 0.15) is 88.9 Å². The van der Waals surface area contributed by atoms with Gasteiger partial charge in [0.05, 0.1) is 12.8 Å². The van der Waals surface area contributed by atoms with Crippen LogP contribution >= 0.6 is 0 Å². The third-order valence-electron chi connectivity index (χ3n) is 9.24. The summed E-state index contributed by atoms with van der Waals surface area (Å²) in [5.41, 5.74) is -0.111. The Hall–Kier alpha value is -5.36. The molecule has 0 aliphatic rings. The van der Waals surface area contributed by atoms with Crippen LogP contribution < -0.4 is 0 Å². The van der Waals surface area contributed by atoms with E-state index in [0.29, 0.717) is 27.6 Å². The van der Waals surface area contributed by atoms with Gasteiger partial charge in [0, 0.05) is 64.0 Å². The van der Waals surface area contributed by atoms with Crippen molar-refractivity contribution in [1.82, 2.24) is 9.97 Å². The molecular formula is C52H47F3IrN2O-2. The van der Waals surface area contributed by atoms with Gasteiger partial charge in [-0.3, -0.25) is 0 Å². The van der Waals surface area contributed by atoms with Crippen LogP contribution in [0.15, 0.2) is 126 Å². The molecule has 1 unspecified atom stereocenters. The number of alkyl halides is 3. The molecule has 8 rings (SSSR count). The molecule has 59 heavy (non-hydrogen) atoms. The van der Waals surface area contributed by atoms with Crippen LogP contribution in [0.5, 0.6) is 0 Å². The van der Waals surface area contributed by atoms with Crippen LogP contribution in [0.4, 0.5) is 13.2 Å². The molecule has 0 saturated heterocycles. The fourth-order valence-corrected chi connectivity index (χ4v) is 6.51. The molecule has 0 fully saturated rings. The molecule has 1 atom stereocenters. The van der Waals surface area contributed by atoms with E-state index >= 15 is 0 Å². The van der Waals surface area contributed by atoms with Crippen molar-refractivity contribution >= 4 is 21.9 Å². The Kier molecular flexibility index (Phi) is 7.90. The smallest absolute Gasteiger partial charge is 0.395 e. The van der Waals surface area contributed by atoms with Gasteiger partial charge in [-0.1, -0.05) is 117 Å². The molecule has 7 heteroatoms. The summed E-state index contributed by atoms with van der Waals surface area (Å²) in [7, 11) is 0. The van der Waals surface area contributed by atoms with Crippen LogP contribution in [0.3, 0.4) is 0 Å². The molecule has 0 saturated carbocycles. The molecule has 1 radical (unpaired) electrons. The maximum Gasteiger partial charge on any atom is 0.395 e. The van der Waals surface area contributed by atoms with E-state index in [1.54, 1.807) is 75.4 Å². The zero-order chi connectivity index (χ0) is 54.9. The first-order valence-electron chi connectivity index (χ1n) is 26.1. The van der Waals surface area contributed by atoms with Gasteiger partial charge in [0.2, 0.25) is 0 Å². The SMILES string of the molecule is [2H]C([2H])([2H])c1c[c-]c(-c2ccc(C([2H])([2H])[2H])cn2)cc1.[2H]c1cc(C([2H])([2H])C(C)(C)C)cc(C([2H])([2H])[2H])c1-c1cc(-c2[c-]ccc3c2oc2c(-c4ccccc4)c(C([2H])(C)C(F)(F)F)ccc23)ncc1C([2H])([2H])[2H].[Ir]. The van der Waals surface area contributed by atoms with Crippen molar-refractivity contribution in [1.29, 1.82) is 0 Å². The van der Waals surface area contributed by atoms with Crippen molar-refractivity contribution in [2.24, 2.45) is 5.41 Å². The maximum atomic E-state index is 14.3. The van der Waals surface area contributed by atoms with E-state index in [1.807, 2.05) is 0 Å². The van der Waals surface area contributed by atoms with Crippen LogP contribution in [-0.4, -0.2) is 16.1 Å². The molecule has 0 spiro atoms. The topological polar surface area (TPSA) is 38.9 Å². The third-order valence-corrected chi connectivity index (χ3v) is 9.24. The zero-order valence-corrected chi connectivity index (χ0v) is 34.6. The number of hydrogen-bond donors (Lipinski definition) is 0. The normalized spacial score (nSPS) is 17.8. The molecule has 0 amide bonds. The summed E-state index contributed by atoms with van der Waals surface area (Å²) in [5.74, 6) is -3.02. The Balaban J connectivity index is 0.000000365. The van der Waals surface area contributed by atoms with Crippen molar-refractivity contribution in [2.75, 3.05) is 0 Å². The van der Waals surface area contributed by atoms with Crippen LogP contribution in [0, 0.1) is 45.0 Å². The number of furan rings is 1. The van der Waals surface area contributed by atoms with Gasteiger partial charge in [-0.15, -0.1) is 53.6 Å². The molecule has 0 bridgehead atoms. The summed E-state index contributed by atoms with van der Waals surface area (Å²) >= 11 is 0. The van der Waals surface area contributed by atoms with Crippen LogP contribution in [0.25, 0.3) is 66.7 Å². The molecule has 3 nitrogen and oxygen atoms in total. The van der Waals surface area contributed by atoms with Crippen LogP contribution in [0.2, 0.25) is 0 Å². The average molecular weight is 981 g/mol. The number of aromatic nitrogens is 2. The number of fused-ring (bicyclic) bond motifs is 3. The van der Waals surface area contributed by atoms with Crippen molar-refractivity contribution < 1.29 is 59.6 Å². The molecule has 8 aromatic rings. The maximum absolute atomic E-state index is 14.3. The van der Waals surface area contributed by atoms with Crippen molar-refractivity contribution in [3.05, 3.63) is 167 Å². The minimum absolute atomic E-state index is 0. The van der Waals surface area contributed by atoms with Crippen molar-refractivity contribution in [3.63, 3.8) is 0 Å². The minimum atomic E-state index is -4.93. The summed E-state index contributed by atoms with van der Waals surface area (Å²) in [6, 6.07) is 30.9. The standard InChI is InChI=1S/C39H35F3NO.C13H12N.Ir/c1-23-19-26(21-38(4,5)6)15-16-28(23)33-20-34(43-22-24(33)2)32-14-10-13-30-31-18-17-29(25(3)39(40,41)42)35(37(31)44-36(30)32)27-11-8-7-9-12-27;1-10-3-6-12(7-4-10)13-8-5-11(2)9-14-13;/h7-13,15-20,22,25H,21H2,1-6H3;3-6,8-9H,1-2H3;/q2*-1;/i1D3,2D3,16D,21D2,25D;1D3,2D3;. The molecule has 5 aromatic carbocycles. The summed E-state index contributed by atoms with van der Waals surface area (Å²) < 4.78 is 178. The van der Waals surface area contributed by atoms with E-state index in [0.717, 1.165) is 19.2 Å². The van der Waals surface area contributed by atoms with Gasteiger partial charge < -0.3 is 14.4 Å². The van der Waals surface area contributed by atoms with Gasteiger partial charge >= 0.3 is 6.18 Å². The first kappa shape index (κ1) is 26.7. The van der Waals surface area contributed by atoms with Gasteiger partial charge in [0.15, 0.2) is 0 Å². The minimum Gasteiger partial charge on any atom is -0.500 e. The van der Waals surface area contributed by atoms with Gasteiger partial charge in [-0.05, 0) is 95.2 Å². The average Bonchev–Trinajstić information content (AvgIpc) is 3.68. The predicted molar refractivity (Wildman–Crippen MR) is 232 cm³/mol. The Bertz CT molecular complexity index is 3300. The number of nitrogens with zero attached hydrogens (tertiary/aromatic N) is 2. The summed E-state index contributed by atoms with van der Waals surface area (Å²) in [6.07, 6.45) is -4.65. The number of pyridine rings is 2. The van der Waals surface area contributed by atoms with E-state index in [2.05, 4.69) is 22.1 Å². The first-order chi connectivity index (χ1) is 33.9. The zero-order valence-electron chi connectivity index (χ0n) is 48.2. The molecule has 0 aliphatic heterocycles. The van der Waals surface area contributed by atoms with Gasteiger partial charge in [0.25, 0.3) is 0 Å². The molecule has 3 aromatic heterocycles. The van der Waals surface area contributed by atoms with E-state index in [-0.39, 0.29) is 87.0 Å². The van der Waals surface area contributed by atoms with Gasteiger partial charge in [-0.2, -0.15) is 13.2 Å². The van der Waals surface area contributed by atoms with E-state index in [1.165, 1.54) is 48.7 Å². The fourth-order valence-electron chi connectivity index (χ4n) is 6.51. The molecular weight excluding hydrogens is 918 g/mol. The Morgan fingerprint density at radius 3 is 2.19 bits per heavy atom. The van der Waals surface area contributed by atoms with Crippen molar-refractivity contribution in [2.45, 2.75) is 73.5 Å². The van der Waals surface area contributed by atoms with Crippen LogP contribution in [-0.2, 0) is 26.5 Å². The van der Waals surface area contributed by atoms with E-state index < -0.39 is 62.9 Å². The largest absolute Gasteiger partial charge is 0.500 e. The quantitative estimate of drug-likeness (QED) is 0.156. The molecule has 0 aliphatic carbocycles. The first-order valence-corrected chi connectivity index (χ1v) is 18.1. The van der Waals surface area contributed by atoms with E-state index in [4.69, 9.17) is 26.3 Å².